The summed E-state index contributed by atoms with van der Waals surface area (Å²) in [4.78, 5) is 0. The zero-order chi connectivity index (χ0) is 5.98. The Hall–Kier alpha value is -0.0405. The molecule has 0 atom stereocenters. The summed E-state index contributed by atoms with van der Waals surface area (Å²) in [6.45, 7) is 9.11. The number of rotatable bonds is 0. The van der Waals surface area contributed by atoms with E-state index in [0.717, 1.165) is 13.2 Å². The van der Waals surface area contributed by atoms with Crippen LogP contribution in [-0.2, 0) is 4.74 Å². The Morgan fingerprint density at radius 2 is 1.75 bits per heavy atom. The molecule has 1 saturated heterocycles. The summed E-state index contributed by atoms with van der Waals surface area (Å²) in [6.07, 6.45) is 0. The Labute approximate surface area is 55.6 Å². The van der Waals surface area contributed by atoms with Crippen LogP contribution in [0.25, 0.3) is 0 Å². The van der Waals surface area contributed by atoms with Crippen LogP contribution in [0, 0.1) is 0 Å². The van der Waals surface area contributed by atoms with E-state index in [9.17, 15) is 0 Å². The molecule has 0 aromatic heterocycles. The van der Waals surface area contributed by atoms with Crippen LogP contribution in [0.1, 0.15) is 0 Å². The molecule has 0 aromatic rings. The van der Waals surface area contributed by atoms with Crippen LogP contribution in [0.4, 0.5) is 0 Å². The molecule has 8 heavy (non-hydrogen) atoms. The summed E-state index contributed by atoms with van der Waals surface area (Å²) < 4.78 is 7.52. The Balaban J connectivity index is 2.45. The molecule has 44 valence electrons. The van der Waals surface area contributed by atoms with E-state index >= 15 is 0 Å². The van der Waals surface area contributed by atoms with Crippen molar-refractivity contribution in [1.82, 2.24) is 0 Å². The summed E-state index contributed by atoms with van der Waals surface area (Å²) in [5.74, 6) is 0. The maximum absolute atomic E-state index is 5.11. The standard InChI is InChI=1S/C6H8OSe/c1-5-3-7-4-6(2)8-5/h1-4H2. The Bertz CT molecular complexity index is 114. The molecule has 0 unspecified atom stereocenters. The van der Waals surface area contributed by atoms with E-state index in [1.54, 1.807) is 0 Å². The van der Waals surface area contributed by atoms with Crippen LogP contribution in [-0.4, -0.2) is 28.2 Å². The molecule has 0 radical (unpaired) electrons. The third-order valence-electron chi connectivity index (χ3n) is 0.815. The van der Waals surface area contributed by atoms with E-state index < -0.39 is 0 Å². The van der Waals surface area contributed by atoms with Gasteiger partial charge in [-0.1, -0.05) is 0 Å². The number of ether oxygens (including phenoxy) is 1. The molecule has 1 rings (SSSR count). The molecule has 0 aliphatic carbocycles. The van der Waals surface area contributed by atoms with Gasteiger partial charge in [0.1, 0.15) is 0 Å². The van der Waals surface area contributed by atoms with Gasteiger partial charge in [0.2, 0.25) is 0 Å². The predicted octanol–water partition coefficient (Wildman–Crippen LogP) is 0.748. The molecule has 0 amide bonds. The first kappa shape index (κ1) is 6.09. The van der Waals surface area contributed by atoms with E-state index in [4.69, 9.17) is 4.74 Å². The summed E-state index contributed by atoms with van der Waals surface area (Å²) >= 11 is 0.457. The van der Waals surface area contributed by atoms with Gasteiger partial charge in [-0.2, -0.15) is 0 Å². The van der Waals surface area contributed by atoms with Crippen LogP contribution in [0.3, 0.4) is 0 Å². The van der Waals surface area contributed by atoms with Gasteiger partial charge in [-0.15, -0.1) is 0 Å². The predicted molar refractivity (Wildman–Crippen MR) is 34.9 cm³/mol. The van der Waals surface area contributed by atoms with Crippen LogP contribution in [0.15, 0.2) is 22.1 Å². The summed E-state index contributed by atoms with van der Waals surface area (Å²) in [5, 5.41) is 0. The van der Waals surface area contributed by atoms with Gasteiger partial charge in [0, 0.05) is 0 Å². The topological polar surface area (TPSA) is 9.23 Å². The molecule has 0 saturated carbocycles. The van der Waals surface area contributed by atoms with Gasteiger partial charge in [-0.05, 0) is 0 Å². The van der Waals surface area contributed by atoms with E-state index in [1.807, 2.05) is 0 Å². The molecule has 1 aliphatic rings. The molecule has 0 aromatic carbocycles. The molecular formula is C6H8OSe. The third kappa shape index (κ3) is 1.48. The first-order valence-corrected chi connectivity index (χ1v) is 4.11. The molecule has 0 bridgehead atoms. The van der Waals surface area contributed by atoms with E-state index in [2.05, 4.69) is 13.2 Å². The van der Waals surface area contributed by atoms with Crippen molar-refractivity contribution in [3.05, 3.63) is 22.1 Å². The molecular weight excluding hydrogens is 167 g/mol. The molecule has 1 aliphatic heterocycles. The fourth-order valence-electron chi connectivity index (χ4n) is 0.542. The number of hydrogen-bond donors (Lipinski definition) is 0. The van der Waals surface area contributed by atoms with Crippen molar-refractivity contribution < 1.29 is 4.74 Å². The van der Waals surface area contributed by atoms with E-state index in [-0.39, 0.29) is 0 Å². The second-order valence-corrected chi connectivity index (χ2v) is 4.52. The number of hydrogen-bond acceptors (Lipinski definition) is 1. The van der Waals surface area contributed by atoms with E-state index in [0.29, 0.717) is 15.0 Å². The van der Waals surface area contributed by atoms with Crippen LogP contribution in [0.5, 0.6) is 0 Å². The van der Waals surface area contributed by atoms with Crippen molar-refractivity contribution >= 4 is 15.0 Å². The van der Waals surface area contributed by atoms with Gasteiger partial charge in [-0.3, -0.25) is 0 Å². The maximum atomic E-state index is 5.11. The van der Waals surface area contributed by atoms with Crippen molar-refractivity contribution in [1.29, 1.82) is 0 Å². The van der Waals surface area contributed by atoms with Crippen molar-refractivity contribution in [2.45, 2.75) is 0 Å². The second-order valence-electron chi connectivity index (χ2n) is 1.67. The van der Waals surface area contributed by atoms with Gasteiger partial charge in [-0.25, -0.2) is 0 Å². The van der Waals surface area contributed by atoms with E-state index in [1.165, 1.54) is 8.94 Å². The van der Waals surface area contributed by atoms with Crippen LogP contribution >= 0.6 is 0 Å². The molecule has 1 fully saturated rings. The van der Waals surface area contributed by atoms with Crippen molar-refractivity contribution in [2.24, 2.45) is 0 Å². The van der Waals surface area contributed by atoms with Crippen molar-refractivity contribution in [3.8, 4) is 0 Å². The summed E-state index contributed by atoms with van der Waals surface area (Å²) in [5.41, 5.74) is 0. The normalized spacial score (nSPS) is 21.5. The molecule has 1 heterocycles. The Kier molecular flexibility index (Phi) is 1.90. The zero-order valence-corrected chi connectivity index (χ0v) is 6.36. The van der Waals surface area contributed by atoms with Gasteiger partial charge in [0.05, 0.1) is 0 Å². The minimum absolute atomic E-state index is 0.457. The first-order valence-electron chi connectivity index (χ1n) is 2.40. The third-order valence-corrected chi connectivity index (χ3v) is 2.52. The quantitative estimate of drug-likeness (QED) is 0.493. The van der Waals surface area contributed by atoms with Crippen LogP contribution in [0.2, 0.25) is 0 Å². The minimum atomic E-state index is 0.457. The average Bonchev–Trinajstić information content (AvgIpc) is 1.64. The molecule has 1 nitrogen and oxygen atoms in total. The van der Waals surface area contributed by atoms with Crippen LogP contribution < -0.4 is 0 Å². The monoisotopic (exact) mass is 176 g/mol. The molecule has 2 heteroatoms. The molecule has 0 N–H and O–H groups in total. The zero-order valence-electron chi connectivity index (χ0n) is 4.64. The molecule has 0 spiro atoms. The van der Waals surface area contributed by atoms with Gasteiger partial charge >= 0.3 is 55.0 Å². The first-order chi connectivity index (χ1) is 3.79. The summed E-state index contributed by atoms with van der Waals surface area (Å²) in [7, 11) is 0. The average molecular weight is 175 g/mol. The van der Waals surface area contributed by atoms with Gasteiger partial charge < -0.3 is 0 Å². The second kappa shape index (κ2) is 2.49. The van der Waals surface area contributed by atoms with Crippen molar-refractivity contribution in [2.75, 3.05) is 13.2 Å². The van der Waals surface area contributed by atoms with Gasteiger partial charge in [0.15, 0.2) is 0 Å². The Morgan fingerprint density at radius 3 is 2.00 bits per heavy atom. The van der Waals surface area contributed by atoms with Crippen molar-refractivity contribution in [3.63, 3.8) is 0 Å². The SMILES string of the molecule is C=C1COCC(=C)[Se]1. The fraction of sp³-hybridized carbons (Fsp3) is 0.333. The Morgan fingerprint density at radius 1 is 1.25 bits per heavy atom. The fourth-order valence-corrected chi connectivity index (χ4v) is 2.00. The van der Waals surface area contributed by atoms with Gasteiger partial charge in [0.25, 0.3) is 0 Å². The summed E-state index contributed by atoms with van der Waals surface area (Å²) in [6, 6.07) is 0.